The maximum Gasteiger partial charge on any atom is 0.338 e. The van der Waals surface area contributed by atoms with Crippen molar-refractivity contribution in [3.05, 3.63) is 47.0 Å². The highest BCUT2D eigenvalue weighted by Crippen LogP contribution is 2.63. The van der Waals surface area contributed by atoms with Gasteiger partial charge in [0.2, 0.25) is 0 Å². The SMILES string of the molecule is COC1CC2OC[C@@]2(O)C2C(OC(=O)c3ccccc3)C3(O)CC(O)C(C)=C(C(O)C(=O)[C@]12C)C3(C)C. The van der Waals surface area contributed by atoms with E-state index in [1.165, 1.54) is 7.11 Å². The van der Waals surface area contributed by atoms with Crippen molar-refractivity contribution >= 4 is 11.8 Å². The number of carbonyl (C=O) groups excluding carboxylic acids is 2. The van der Waals surface area contributed by atoms with Crippen LogP contribution >= 0.6 is 0 Å². The van der Waals surface area contributed by atoms with Crippen molar-refractivity contribution in [2.24, 2.45) is 16.7 Å². The molecule has 2 bridgehead atoms. The molecule has 4 aliphatic rings. The van der Waals surface area contributed by atoms with Crippen molar-refractivity contribution in [2.45, 2.75) is 82.3 Å². The highest BCUT2D eigenvalue weighted by molar-refractivity contribution is 5.94. The van der Waals surface area contributed by atoms with E-state index >= 15 is 0 Å². The van der Waals surface area contributed by atoms with E-state index in [2.05, 4.69) is 0 Å². The van der Waals surface area contributed by atoms with Gasteiger partial charge >= 0.3 is 5.97 Å². The summed E-state index contributed by atoms with van der Waals surface area (Å²) in [5.41, 5.74) is -5.69. The third kappa shape index (κ3) is 3.31. The molecule has 9 nitrogen and oxygen atoms in total. The lowest BCUT2D eigenvalue weighted by molar-refractivity contribution is -0.345. The fraction of sp³-hybridized carbons (Fsp3) is 0.643. The molecule has 2 saturated carbocycles. The van der Waals surface area contributed by atoms with E-state index in [4.69, 9.17) is 14.2 Å². The minimum absolute atomic E-state index is 0.141. The number of ether oxygens (including phenoxy) is 3. The molecule has 7 unspecified atom stereocenters. The number of benzene rings is 1. The Bertz CT molecular complexity index is 1150. The lowest BCUT2D eigenvalue weighted by atomic mass is 9.44. The number of fused-ring (bicyclic) bond motifs is 5. The van der Waals surface area contributed by atoms with Gasteiger partial charge in [0, 0.05) is 31.3 Å². The Hall–Kier alpha value is -2.14. The van der Waals surface area contributed by atoms with Gasteiger partial charge in [-0.05, 0) is 37.1 Å². The molecule has 1 heterocycles. The van der Waals surface area contributed by atoms with Gasteiger partial charge in [0.15, 0.2) is 5.78 Å². The number of ketones is 1. The summed E-state index contributed by atoms with van der Waals surface area (Å²) in [7, 11) is 1.44. The number of aliphatic hydroxyl groups excluding tert-OH is 2. The van der Waals surface area contributed by atoms with Crippen LogP contribution < -0.4 is 0 Å². The number of rotatable bonds is 3. The fourth-order valence-corrected chi connectivity index (χ4v) is 7.58. The van der Waals surface area contributed by atoms with Crippen LogP contribution in [0.25, 0.3) is 0 Å². The molecule has 0 amide bonds. The minimum atomic E-state index is -1.97. The lowest BCUT2D eigenvalue weighted by Gasteiger charge is -2.67. The van der Waals surface area contributed by atoms with Crippen LogP contribution in [-0.4, -0.2) is 87.6 Å². The van der Waals surface area contributed by atoms with E-state index < -0.39 is 70.2 Å². The van der Waals surface area contributed by atoms with Crippen molar-refractivity contribution in [2.75, 3.05) is 13.7 Å². The van der Waals surface area contributed by atoms with E-state index in [1.807, 2.05) is 0 Å². The molecule has 4 N–H and O–H groups in total. The molecule has 202 valence electrons. The first-order valence-corrected chi connectivity index (χ1v) is 12.7. The first kappa shape index (κ1) is 26.5. The van der Waals surface area contributed by atoms with E-state index in [0.29, 0.717) is 5.57 Å². The average molecular weight is 517 g/mol. The van der Waals surface area contributed by atoms with E-state index in [-0.39, 0.29) is 30.6 Å². The number of methoxy groups -OCH3 is 1. The van der Waals surface area contributed by atoms with Gasteiger partial charge in [0.05, 0.1) is 35.9 Å². The van der Waals surface area contributed by atoms with Crippen molar-refractivity contribution in [1.29, 1.82) is 0 Å². The molecular formula is C28H36O9. The summed E-state index contributed by atoms with van der Waals surface area (Å²) in [6.07, 6.45) is -5.91. The molecule has 1 aliphatic heterocycles. The number of hydrogen-bond acceptors (Lipinski definition) is 9. The van der Waals surface area contributed by atoms with Gasteiger partial charge < -0.3 is 34.6 Å². The summed E-state index contributed by atoms with van der Waals surface area (Å²) < 4.78 is 17.6. The van der Waals surface area contributed by atoms with Crippen LogP contribution in [-0.2, 0) is 19.0 Å². The number of carbonyl (C=O) groups is 2. The van der Waals surface area contributed by atoms with Gasteiger partial charge in [-0.25, -0.2) is 4.79 Å². The average Bonchev–Trinajstić information content (AvgIpc) is 2.85. The molecule has 0 radical (unpaired) electrons. The highest BCUT2D eigenvalue weighted by Gasteiger charge is 2.76. The molecule has 9 atom stereocenters. The zero-order chi connectivity index (χ0) is 27.1. The maximum absolute atomic E-state index is 14.3. The second-order valence-electron chi connectivity index (χ2n) is 11.8. The first-order valence-electron chi connectivity index (χ1n) is 12.7. The zero-order valence-electron chi connectivity index (χ0n) is 21.8. The smallest absolute Gasteiger partial charge is 0.338 e. The molecule has 0 aromatic heterocycles. The Labute approximate surface area is 216 Å². The Morgan fingerprint density at radius 3 is 2.32 bits per heavy atom. The molecule has 1 aromatic rings. The molecule has 0 spiro atoms. The minimum Gasteiger partial charge on any atom is -0.455 e. The monoisotopic (exact) mass is 516 g/mol. The normalized spacial score (nSPS) is 44.6. The number of Topliss-reactive ketones (excluding diaryl/α,β-unsaturated/α-hetero) is 1. The Balaban J connectivity index is 1.79. The van der Waals surface area contributed by atoms with Crippen LogP contribution in [0.15, 0.2) is 41.5 Å². The molecule has 5 rings (SSSR count). The van der Waals surface area contributed by atoms with Crippen molar-refractivity contribution in [1.82, 2.24) is 0 Å². The van der Waals surface area contributed by atoms with Gasteiger partial charge in [-0.1, -0.05) is 32.0 Å². The molecule has 37 heavy (non-hydrogen) atoms. The van der Waals surface area contributed by atoms with Crippen LogP contribution in [0.5, 0.6) is 0 Å². The van der Waals surface area contributed by atoms with Gasteiger partial charge in [0.1, 0.15) is 23.4 Å². The number of esters is 1. The molecular weight excluding hydrogens is 480 g/mol. The second kappa shape index (κ2) is 8.43. The van der Waals surface area contributed by atoms with Crippen LogP contribution in [0.3, 0.4) is 0 Å². The fourth-order valence-electron chi connectivity index (χ4n) is 7.58. The van der Waals surface area contributed by atoms with Gasteiger partial charge in [0.25, 0.3) is 0 Å². The topological polar surface area (TPSA) is 143 Å². The van der Waals surface area contributed by atoms with Crippen molar-refractivity contribution < 1.29 is 44.2 Å². The summed E-state index contributed by atoms with van der Waals surface area (Å²) in [5, 5.41) is 47.1. The van der Waals surface area contributed by atoms with Gasteiger partial charge in [-0.3, -0.25) is 4.79 Å². The molecule has 9 heteroatoms. The van der Waals surface area contributed by atoms with Crippen LogP contribution in [0.1, 0.15) is 50.9 Å². The lowest BCUT2D eigenvalue weighted by Crippen LogP contribution is -2.81. The summed E-state index contributed by atoms with van der Waals surface area (Å²) in [6.45, 7) is 6.41. The second-order valence-corrected chi connectivity index (χ2v) is 11.8. The molecule has 1 aromatic carbocycles. The Kier molecular flexibility index (Phi) is 6.03. The summed E-state index contributed by atoms with van der Waals surface area (Å²) >= 11 is 0. The summed E-state index contributed by atoms with van der Waals surface area (Å²) in [4.78, 5) is 27.7. The summed E-state index contributed by atoms with van der Waals surface area (Å²) in [5.74, 6) is -2.57. The van der Waals surface area contributed by atoms with Crippen LogP contribution in [0.2, 0.25) is 0 Å². The zero-order valence-corrected chi connectivity index (χ0v) is 21.8. The number of aliphatic hydroxyl groups is 4. The van der Waals surface area contributed by atoms with Crippen LogP contribution in [0.4, 0.5) is 0 Å². The van der Waals surface area contributed by atoms with Crippen molar-refractivity contribution in [3.8, 4) is 0 Å². The highest BCUT2D eigenvalue weighted by atomic mass is 16.6. The van der Waals surface area contributed by atoms with Gasteiger partial charge in [-0.15, -0.1) is 0 Å². The Morgan fingerprint density at radius 2 is 1.76 bits per heavy atom. The Morgan fingerprint density at radius 1 is 1.11 bits per heavy atom. The third-order valence-electron chi connectivity index (χ3n) is 9.89. The predicted molar refractivity (Wildman–Crippen MR) is 130 cm³/mol. The summed E-state index contributed by atoms with van der Waals surface area (Å²) in [6, 6.07) is 8.25. The third-order valence-corrected chi connectivity index (χ3v) is 9.89. The van der Waals surface area contributed by atoms with E-state index in [1.54, 1.807) is 58.0 Å². The van der Waals surface area contributed by atoms with E-state index in [9.17, 15) is 30.0 Å². The largest absolute Gasteiger partial charge is 0.455 e. The first-order chi connectivity index (χ1) is 17.2. The standard InChI is InChI=1S/C28H36O9/c1-14-16(29)12-28(34)23(37-24(32)15-9-7-6-8-10-15)21-26(4,22(31)20(30)19(14)25(28,2)3)17(35-5)11-18-27(21,33)13-36-18/h6-10,16-18,20-21,23,29-30,33-34H,11-13H2,1-5H3/t16?,17?,18?,20?,21?,23?,26-,27+,28?/m1/s1. The molecule has 3 aliphatic carbocycles. The quantitative estimate of drug-likeness (QED) is 0.344. The molecule has 3 fully saturated rings. The van der Waals surface area contributed by atoms with Gasteiger partial charge in [-0.2, -0.15) is 0 Å². The number of hydrogen-bond donors (Lipinski definition) is 4. The maximum atomic E-state index is 14.3. The van der Waals surface area contributed by atoms with Crippen LogP contribution in [0, 0.1) is 16.7 Å². The predicted octanol–water partition coefficient (Wildman–Crippen LogP) is 1.17. The van der Waals surface area contributed by atoms with E-state index in [0.717, 1.165) is 0 Å². The molecule has 1 saturated heterocycles. The van der Waals surface area contributed by atoms with Crippen molar-refractivity contribution in [3.63, 3.8) is 0 Å².